The second kappa shape index (κ2) is 11.7. The van der Waals surface area contributed by atoms with E-state index in [1.54, 1.807) is 0 Å². The zero-order valence-electron chi connectivity index (χ0n) is 28.5. The van der Waals surface area contributed by atoms with E-state index in [0.29, 0.717) is 5.89 Å². The lowest BCUT2D eigenvalue weighted by molar-refractivity contribution is 0.620. The standard InChI is InChI=1S/C49H30N2O2/c1-3-11-35-28-37(17-16-31(35)8-1)33-18-22-38(23-19-33)51(39-24-20-32-9-2-4-12-36(32)29-39)40-25-27-44-43(30-40)47-42(14-7-15-45(47)52-44)49-50-48-41-13-6-5-10-34(41)21-26-46(48)53-49/h1-30H. The number of benzene rings is 9. The number of rotatable bonds is 5. The van der Waals surface area contributed by atoms with Crippen molar-refractivity contribution in [2.75, 3.05) is 4.90 Å². The molecule has 2 aromatic heterocycles. The summed E-state index contributed by atoms with van der Waals surface area (Å²) < 4.78 is 12.9. The minimum Gasteiger partial charge on any atom is -0.456 e. The summed E-state index contributed by atoms with van der Waals surface area (Å²) in [5.41, 5.74) is 9.63. The predicted octanol–water partition coefficient (Wildman–Crippen LogP) is 14.0. The topological polar surface area (TPSA) is 42.4 Å². The summed E-state index contributed by atoms with van der Waals surface area (Å²) in [7, 11) is 0. The maximum atomic E-state index is 6.47. The third kappa shape index (κ3) is 4.88. The molecule has 4 heteroatoms. The summed E-state index contributed by atoms with van der Waals surface area (Å²) in [6.07, 6.45) is 0. The maximum Gasteiger partial charge on any atom is 0.228 e. The van der Waals surface area contributed by atoms with Crippen LogP contribution in [0.5, 0.6) is 0 Å². The molecule has 0 fully saturated rings. The van der Waals surface area contributed by atoms with E-state index in [0.717, 1.165) is 66.4 Å². The van der Waals surface area contributed by atoms with Crippen LogP contribution in [0.15, 0.2) is 191 Å². The highest BCUT2D eigenvalue weighted by atomic mass is 16.3. The molecule has 11 aromatic rings. The highest BCUT2D eigenvalue weighted by Crippen LogP contribution is 2.43. The fourth-order valence-electron chi connectivity index (χ4n) is 7.84. The van der Waals surface area contributed by atoms with Crippen LogP contribution in [-0.2, 0) is 0 Å². The smallest absolute Gasteiger partial charge is 0.228 e. The number of fused-ring (bicyclic) bond motifs is 8. The Labute approximate surface area is 304 Å². The van der Waals surface area contributed by atoms with Gasteiger partial charge in [0.15, 0.2) is 5.58 Å². The van der Waals surface area contributed by atoms with Crippen LogP contribution < -0.4 is 4.90 Å². The first-order valence-corrected chi connectivity index (χ1v) is 17.9. The maximum absolute atomic E-state index is 6.47. The number of nitrogens with zero attached hydrogens (tertiary/aromatic N) is 2. The number of furan rings is 1. The predicted molar refractivity (Wildman–Crippen MR) is 219 cm³/mol. The van der Waals surface area contributed by atoms with Gasteiger partial charge in [-0.3, -0.25) is 0 Å². The Bertz CT molecular complexity index is 3190. The van der Waals surface area contributed by atoms with Gasteiger partial charge in [0.2, 0.25) is 5.89 Å². The first kappa shape index (κ1) is 29.5. The summed E-state index contributed by atoms with van der Waals surface area (Å²) >= 11 is 0. The summed E-state index contributed by atoms with van der Waals surface area (Å²) in [4.78, 5) is 7.38. The van der Waals surface area contributed by atoms with Crippen molar-refractivity contribution in [2.24, 2.45) is 0 Å². The molecule has 0 atom stereocenters. The molecule has 0 amide bonds. The van der Waals surface area contributed by atoms with Gasteiger partial charge >= 0.3 is 0 Å². The number of anilines is 3. The van der Waals surface area contributed by atoms with Gasteiger partial charge in [0, 0.05) is 38.8 Å². The largest absolute Gasteiger partial charge is 0.456 e. The van der Waals surface area contributed by atoms with Crippen molar-refractivity contribution >= 4 is 82.4 Å². The van der Waals surface area contributed by atoms with Gasteiger partial charge in [-0.25, -0.2) is 4.98 Å². The lowest BCUT2D eigenvalue weighted by Crippen LogP contribution is -2.09. The van der Waals surface area contributed by atoms with Crippen LogP contribution in [0.3, 0.4) is 0 Å². The second-order valence-electron chi connectivity index (χ2n) is 13.6. The molecule has 0 unspecified atom stereocenters. The van der Waals surface area contributed by atoms with Crippen molar-refractivity contribution in [3.8, 4) is 22.6 Å². The zero-order valence-corrected chi connectivity index (χ0v) is 28.5. The molecule has 9 aromatic carbocycles. The van der Waals surface area contributed by atoms with Crippen molar-refractivity contribution in [1.29, 1.82) is 0 Å². The van der Waals surface area contributed by atoms with E-state index in [1.807, 2.05) is 30.3 Å². The van der Waals surface area contributed by atoms with E-state index < -0.39 is 0 Å². The second-order valence-corrected chi connectivity index (χ2v) is 13.6. The summed E-state index contributed by atoms with van der Waals surface area (Å²) in [5.74, 6) is 0.575. The zero-order chi connectivity index (χ0) is 34.9. The van der Waals surface area contributed by atoms with Crippen molar-refractivity contribution in [3.63, 3.8) is 0 Å². The molecule has 11 rings (SSSR count). The van der Waals surface area contributed by atoms with Gasteiger partial charge in [0.1, 0.15) is 16.7 Å². The summed E-state index contributed by atoms with van der Waals surface area (Å²) in [6, 6.07) is 64.1. The lowest BCUT2D eigenvalue weighted by atomic mass is 10.0. The molecule has 0 bridgehead atoms. The molecule has 0 aliphatic carbocycles. The molecule has 0 aliphatic heterocycles. The Hall–Kier alpha value is -7.17. The van der Waals surface area contributed by atoms with E-state index in [2.05, 4.69) is 157 Å². The molecular formula is C49H30N2O2. The average Bonchev–Trinajstić information content (AvgIpc) is 3.83. The molecular weight excluding hydrogens is 649 g/mol. The highest BCUT2D eigenvalue weighted by Gasteiger charge is 2.20. The van der Waals surface area contributed by atoms with Crippen LogP contribution in [0.1, 0.15) is 0 Å². The van der Waals surface area contributed by atoms with Crippen LogP contribution in [0, 0.1) is 0 Å². The van der Waals surface area contributed by atoms with Gasteiger partial charge in [0.05, 0.1) is 0 Å². The minimum atomic E-state index is 0.575. The van der Waals surface area contributed by atoms with E-state index >= 15 is 0 Å². The molecule has 0 radical (unpaired) electrons. The number of hydrogen-bond acceptors (Lipinski definition) is 4. The van der Waals surface area contributed by atoms with Crippen molar-refractivity contribution < 1.29 is 8.83 Å². The monoisotopic (exact) mass is 678 g/mol. The first-order valence-electron chi connectivity index (χ1n) is 17.9. The Kier molecular flexibility index (Phi) is 6.52. The quantitative estimate of drug-likeness (QED) is 0.182. The lowest BCUT2D eigenvalue weighted by Gasteiger charge is -2.26. The fourth-order valence-corrected chi connectivity index (χ4v) is 7.84. The number of oxazole rings is 1. The molecule has 0 saturated carbocycles. The fraction of sp³-hybridized carbons (Fsp3) is 0. The normalized spacial score (nSPS) is 11.8. The van der Waals surface area contributed by atoms with Crippen LogP contribution in [0.2, 0.25) is 0 Å². The third-order valence-corrected chi connectivity index (χ3v) is 10.5. The molecule has 248 valence electrons. The Morgan fingerprint density at radius 2 is 1.00 bits per heavy atom. The molecule has 0 aliphatic rings. The summed E-state index contributed by atoms with van der Waals surface area (Å²) in [5, 5.41) is 9.05. The van der Waals surface area contributed by atoms with E-state index in [-0.39, 0.29) is 0 Å². The Morgan fingerprint density at radius 3 is 1.83 bits per heavy atom. The molecule has 0 N–H and O–H groups in total. The van der Waals surface area contributed by atoms with Gasteiger partial charge in [-0.05, 0) is 105 Å². The van der Waals surface area contributed by atoms with Gasteiger partial charge in [-0.1, -0.05) is 115 Å². The van der Waals surface area contributed by atoms with Crippen LogP contribution in [0.25, 0.3) is 87.9 Å². The van der Waals surface area contributed by atoms with E-state index in [9.17, 15) is 0 Å². The molecule has 0 spiro atoms. The molecule has 0 saturated heterocycles. The van der Waals surface area contributed by atoms with Gasteiger partial charge in [0.25, 0.3) is 0 Å². The van der Waals surface area contributed by atoms with Crippen LogP contribution >= 0.6 is 0 Å². The third-order valence-electron chi connectivity index (χ3n) is 10.5. The SMILES string of the molecule is c1ccc2cc(-c3ccc(N(c4ccc5ccccc5c4)c4ccc5oc6cccc(-c7nc8c(ccc9ccccc98)o7)c6c5c4)cc3)ccc2c1. The van der Waals surface area contributed by atoms with Crippen molar-refractivity contribution in [1.82, 2.24) is 4.98 Å². The average molecular weight is 679 g/mol. The van der Waals surface area contributed by atoms with Gasteiger partial charge in [-0.15, -0.1) is 0 Å². The van der Waals surface area contributed by atoms with E-state index in [4.69, 9.17) is 13.8 Å². The molecule has 53 heavy (non-hydrogen) atoms. The number of aromatic nitrogens is 1. The Balaban J connectivity index is 1.08. The van der Waals surface area contributed by atoms with Gasteiger partial charge < -0.3 is 13.7 Å². The van der Waals surface area contributed by atoms with E-state index in [1.165, 1.54) is 32.7 Å². The number of hydrogen-bond donors (Lipinski definition) is 0. The highest BCUT2D eigenvalue weighted by molar-refractivity contribution is 6.13. The van der Waals surface area contributed by atoms with Crippen molar-refractivity contribution in [2.45, 2.75) is 0 Å². The molecule has 2 heterocycles. The first-order chi connectivity index (χ1) is 26.2. The Morgan fingerprint density at radius 1 is 0.377 bits per heavy atom. The van der Waals surface area contributed by atoms with Crippen LogP contribution in [0.4, 0.5) is 17.1 Å². The molecule has 4 nitrogen and oxygen atoms in total. The minimum absolute atomic E-state index is 0.575. The van der Waals surface area contributed by atoms with Crippen LogP contribution in [-0.4, -0.2) is 4.98 Å². The summed E-state index contributed by atoms with van der Waals surface area (Å²) in [6.45, 7) is 0. The van der Waals surface area contributed by atoms with Crippen molar-refractivity contribution in [3.05, 3.63) is 182 Å². The van der Waals surface area contributed by atoms with Gasteiger partial charge in [-0.2, -0.15) is 0 Å².